The van der Waals surface area contributed by atoms with E-state index in [9.17, 15) is 18.0 Å². The van der Waals surface area contributed by atoms with E-state index in [0.29, 0.717) is 0 Å². The van der Waals surface area contributed by atoms with Crippen molar-refractivity contribution in [2.75, 3.05) is 0 Å². The van der Waals surface area contributed by atoms with Gasteiger partial charge in [-0.2, -0.15) is 0 Å². The first-order valence-electron chi connectivity index (χ1n) is 5.51. The summed E-state index contributed by atoms with van der Waals surface area (Å²) >= 11 is 0. The number of rotatable bonds is 6. The summed E-state index contributed by atoms with van der Waals surface area (Å²) < 4.78 is 45.5. The zero-order valence-corrected chi connectivity index (χ0v) is 10.1. The molecule has 0 radical (unpaired) electrons. The molecule has 0 saturated heterocycles. The highest BCUT2D eigenvalue weighted by atomic mass is 19.4. The van der Waals surface area contributed by atoms with E-state index in [1.165, 1.54) is 18.2 Å². The van der Waals surface area contributed by atoms with Crippen LogP contribution in [0, 0.1) is 0 Å². The molecule has 1 N–H and O–H groups in total. The lowest BCUT2D eigenvalue weighted by molar-refractivity contribution is -0.275. The number of ether oxygens (including phenoxy) is 2. The van der Waals surface area contributed by atoms with Crippen LogP contribution in [0.25, 0.3) is 0 Å². The van der Waals surface area contributed by atoms with Gasteiger partial charge in [-0.15, -0.1) is 13.2 Å². The maximum Gasteiger partial charge on any atom is 0.573 e. The minimum atomic E-state index is -4.80. The number of halogens is 3. The van der Waals surface area contributed by atoms with Crippen molar-refractivity contribution >= 4 is 5.97 Å². The first-order valence-corrected chi connectivity index (χ1v) is 5.51. The number of aliphatic carboxylic acids is 1. The van der Waals surface area contributed by atoms with Gasteiger partial charge in [-0.25, -0.2) is 0 Å². The first-order chi connectivity index (χ1) is 8.78. The maximum atomic E-state index is 12.2. The molecule has 0 amide bonds. The van der Waals surface area contributed by atoms with Gasteiger partial charge in [0.1, 0.15) is 0 Å². The number of hydrogen-bond donors (Lipinski definition) is 1. The van der Waals surface area contributed by atoms with Crippen molar-refractivity contribution in [3.8, 4) is 11.5 Å². The quantitative estimate of drug-likeness (QED) is 0.868. The standard InChI is InChI=1S/C12H13F3O4/c1-8(6-7-11(16)17)18-9-4-2-3-5-10(9)19-12(13,14)15/h2-5,8H,6-7H2,1H3,(H,16,17). The third kappa shape index (κ3) is 5.98. The van der Waals surface area contributed by atoms with Crippen LogP contribution in [0.15, 0.2) is 24.3 Å². The van der Waals surface area contributed by atoms with E-state index in [1.54, 1.807) is 6.92 Å². The van der Waals surface area contributed by atoms with Crippen LogP contribution < -0.4 is 9.47 Å². The normalized spacial score (nSPS) is 12.8. The van der Waals surface area contributed by atoms with Gasteiger partial charge in [0.15, 0.2) is 11.5 Å². The van der Waals surface area contributed by atoms with Crippen LogP contribution >= 0.6 is 0 Å². The van der Waals surface area contributed by atoms with Gasteiger partial charge < -0.3 is 14.6 Å². The number of carbonyl (C=O) groups is 1. The molecule has 0 heterocycles. The van der Waals surface area contributed by atoms with Crippen molar-refractivity contribution in [3.63, 3.8) is 0 Å². The Bertz CT molecular complexity index is 431. The summed E-state index contributed by atoms with van der Waals surface area (Å²) in [6, 6.07) is 5.35. The second kappa shape index (κ2) is 6.31. The van der Waals surface area contributed by atoms with Crippen LogP contribution in [0.1, 0.15) is 19.8 Å². The lowest BCUT2D eigenvalue weighted by Crippen LogP contribution is -2.19. The van der Waals surface area contributed by atoms with Crippen LogP contribution in [-0.4, -0.2) is 23.5 Å². The highest BCUT2D eigenvalue weighted by Crippen LogP contribution is 2.32. The average molecular weight is 278 g/mol. The third-order valence-corrected chi connectivity index (χ3v) is 2.17. The molecular formula is C12H13F3O4. The summed E-state index contributed by atoms with van der Waals surface area (Å²) in [6.07, 6.45) is -5.27. The summed E-state index contributed by atoms with van der Waals surface area (Å²) in [6.45, 7) is 1.58. The molecule has 106 valence electrons. The van der Waals surface area contributed by atoms with Crippen LogP contribution in [0.3, 0.4) is 0 Å². The van der Waals surface area contributed by atoms with Crippen LogP contribution in [-0.2, 0) is 4.79 Å². The summed E-state index contributed by atoms with van der Waals surface area (Å²) in [7, 11) is 0. The molecule has 1 atom stereocenters. The van der Waals surface area contributed by atoms with Crippen molar-refractivity contribution in [3.05, 3.63) is 24.3 Å². The van der Waals surface area contributed by atoms with Crippen molar-refractivity contribution in [1.82, 2.24) is 0 Å². The Hall–Kier alpha value is -1.92. The van der Waals surface area contributed by atoms with Crippen LogP contribution in [0.5, 0.6) is 11.5 Å². The van der Waals surface area contributed by atoms with Crippen molar-refractivity contribution < 1.29 is 32.5 Å². The molecule has 1 aromatic rings. The van der Waals surface area contributed by atoms with E-state index in [-0.39, 0.29) is 18.6 Å². The fourth-order valence-electron chi connectivity index (χ4n) is 1.36. The predicted octanol–water partition coefficient (Wildman–Crippen LogP) is 3.22. The maximum absolute atomic E-state index is 12.2. The average Bonchev–Trinajstić information content (AvgIpc) is 2.27. The number of hydrogen-bond acceptors (Lipinski definition) is 3. The first kappa shape index (κ1) is 15.1. The summed E-state index contributed by atoms with van der Waals surface area (Å²) in [4.78, 5) is 10.4. The zero-order valence-electron chi connectivity index (χ0n) is 10.1. The molecule has 0 aliphatic carbocycles. The van der Waals surface area contributed by atoms with Gasteiger partial charge in [-0.1, -0.05) is 12.1 Å². The Morgan fingerprint density at radius 1 is 1.32 bits per heavy atom. The Kier molecular flexibility index (Phi) is 5.02. The molecule has 0 aliphatic heterocycles. The van der Waals surface area contributed by atoms with Gasteiger partial charge in [0.05, 0.1) is 6.10 Å². The molecule has 0 bridgehead atoms. The van der Waals surface area contributed by atoms with Crippen molar-refractivity contribution in [1.29, 1.82) is 0 Å². The van der Waals surface area contributed by atoms with E-state index in [0.717, 1.165) is 6.07 Å². The smallest absolute Gasteiger partial charge is 0.487 e. The van der Waals surface area contributed by atoms with Crippen molar-refractivity contribution in [2.45, 2.75) is 32.2 Å². The Morgan fingerprint density at radius 2 is 1.89 bits per heavy atom. The van der Waals surface area contributed by atoms with Gasteiger partial charge in [-0.05, 0) is 25.5 Å². The molecule has 1 unspecified atom stereocenters. The number of benzene rings is 1. The minimum absolute atomic E-state index is 0.0716. The van der Waals surface area contributed by atoms with Gasteiger partial charge in [0.25, 0.3) is 0 Å². The molecule has 4 nitrogen and oxygen atoms in total. The fourth-order valence-corrected chi connectivity index (χ4v) is 1.36. The SMILES string of the molecule is CC(CCC(=O)O)Oc1ccccc1OC(F)(F)F. The molecule has 0 aliphatic rings. The van der Waals surface area contributed by atoms with E-state index in [2.05, 4.69) is 4.74 Å². The monoisotopic (exact) mass is 278 g/mol. The molecule has 0 aromatic heterocycles. The second-order valence-electron chi connectivity index (χ2n) is 3.86. The number of carboxylic acids is 1. The largest absolute Gasteiger partial charge is 0.573 e. The minimum Gasteiger partial charge on any atom is -0.487 e. The van der Waals surface area contributed by atoms with E-state index in [1.807, 2.05) is 0 Å². The van der Waals surface area contributed by atoms with E-state index in [4.69, 9.17) is 9.84 Å². The second-order valence-corrected chi connectivity index (χ2v) is 3.86. The van der Waals surface area contributed by atoms with Gasteiger partial charge in [-0.3, -0.25) is 4.79 Å². The summed E-state index contributed by atoms with van der Waals surface area (Å²) in [5.41, 5.74) is 0. The van der Waals surface area contributed by atoms with Gasteiger partial charge in [0, 0.05) is 6.42 Å². The predicted molar refractivity (Wildman–Crippen MR) is 60.1 cm³/mol. The number of alkyl halides is 3. The Morgan fingerprint density at radius 3 is 2.42 bits per heavy atom. The molecular weight excluding hydrogens is 265 g/mol. The van der Waals surface area contributed by atoms with Gasteiger partial charge >= 0.3 is 12.3 Å². The molecule has 7 heteroatoms. The Balaban J connectivity index is 2.69. The fraction of sp³-hybridized carbons (Fsp3) is 0.417. The molecule has 19 heavy (non-hydrogen) atoms. The zero-order chi connectivity index (χ0) is 14.5. The number of para-hydroxylation sites is 2. The third-order valence-electron chi connectivity index (χ3n) is 2.17. The number of carboxylic acid groups (broad SMARTS) is 1. The van der Waals surface area contributed by atoms with E-state index < -0.39 is 24.2 Å². The molecule has 1 rings (SSSR count). The van der Waals surface area contributed by atoms with Gasteiger partial charge in [0.2, 0.25) is 0 Å². The summed E-state index contributed by atoms with van der Waals surface area (Å²) in [5.74, 6) is -1.51. The molecule has 1 aromatic carbocycles. The lowest BCUT2D eigenvalue weighted by Gasteiger charge is -2.17. The molecule has 0 saturated carbocycles. The molecule has 0 fully saturated rings. The van der Waals surface area contributed by atoms with E-state index >= 15 is 0 Å². The molecule has 0 spiro atoms. The highest BCUT2D eigenvalue weighted by Gasteiger charge is 2.32. The lowest BCUT2D eigenvalue weighted by atomic mass is 10.2. The summed E-state index contributed by atoms with van der Waals surface area (Å²) in [5, 5.41) is 8.51. The Labute approximate surface area is 107 Å². The van der Waals surface area contributed by atoms with Crippen LogP contribution in [0.4, 0.5) is 13.2 Å². The topological polar surface area (TPSA) is 55.8 Å². The van der Waals surface area contributed by atoms with Crippen molar-refractivity contribution in [2.24, 2.45) is 0 Å². The van der Waals surface area contributed by atoms with Crippen LogP contribution in [0.2, 0.25) is 0 Å². The highest BCUT2D eigenvalue weighted by molar-refractivity contribution is 5.66.